The molecule has 3 heterocycles. The van der Waals surface area contributed by atoms with Gasteiger partial charge in [0.25, 0.3) is 0 Å². The first kappa shape index (κ1) is 12.4. The van der Waals surface area contributed by atoms with Crippen LogP contribution in [0.4, 0.5) is 0 Å². The predicted octanol–water partition coefficient (Wildman–Crippen LogP) is 1.57. The van der Waals surface area contributed by atoms with Gasteiger partial charge in [0.2, 0.25) is 0 Å². The van der Waals surface area contributed by atoms with E-state index in [1.165, 1.54) is 0 Å². The van der Waals surface area contributed by atoms with Gasteiger partial charge in [-0.05, 0) is 27.7 Å². The average molecular weight is 256 g/mol. The number of fused-ring (bicyclic) bond motifs is 1. The normalized spacial score (nSPS) is 45.0. The quantitative estimate of drug-likeness (QED) is 0.712. The molecule has 0 unspecified atom stereocenters. The Labute approximate surface area is 107 Å². The van der Waals surface area contributed by atoms with Crippen molar-refractivity contribution < 1.29 is 23.7 Å². The summed E-state index contributed by atoms with van der Waals surface area (Å²) in [5.41, 5.74) is 0. The first-order valence-corrected chi connectivity index (χ1v) is 6.30. The van der Waals surface area contributed by atoms with Gasteiger partial charge in [-0.1, -0.05) is 6.58 Å². The van der Waals surface area contributed by atoms with Gasteiger partial charge in [0.1, 0.15) is 24.1 Å². The van der Waals surface area contributed by atoms with Crippen LogP contribution in [-0.2, 0) is 23.7 Å². The zero-order chi connectivity index (χ0) is 13.1. The van der Waals surface area contributed by atoms with Crippen molar-refractivity contribution in [3.8, 4) is 0 Å². The third kappa shape index (κ3) is 1.95. The highest BCUT2D eigenvalue weighted by atomic mass is 16.8. The van der Waals surface area contributed by atoms with Crippen molar-refractivity contribution in [3.63, 3.8) is 0 Å². The Morgan fingerprint density at radius 1 is 1.00 bits per heavy atom. The molecule has 5 nitrogen and oxygen atoms in total. The van der Waals surface area contributed by atoms with Gasteiger partial charge in [0, 0.05) is 0 Å². The van der Waals surface area contributed by atoms with Crippen LogP contribution in [-0.4, -0.2) is 42.6 Å². The van der Waals surface area contributed by atoms with E-state index in [1.54, 1.807) is 0 Å². The summed E-state index contributed by atoms with van der Waals surface area (Å²) in [5.74, 6) is -0.554. The van der Waals surface area contributed by atoms with Crippen molar-refractivity contribution >= 4 is 0 Å². The summed E-state index contributed by atoms with van der Waals surface area (Å²) in [7, 11) is 0. The standard InChI is InChI=1S/C13H20O5/c1-7-9-11(18-13(4,5)17-9)10(15-7)8-6-14-12(2,3)16-8/h8-11H,1,6H2,2-5H3/t8-,9+,10+,11+/m0/s1. The summed E-state index contributed by atoms with van der Waals surface area (Å²) in [6.45, 7) is 12.0. The Balaban J connectivity index is 1.77. The van der Waals surface area contributed by atoms with E-state index in [4.69, 9.17) is 23.7 Å². The molecule has 0 N–H and O–H groups in total. The Bertz CT molecular complexity index is 376. The molecule has 3 aliphatic heterocycles. The predicted molar refractivity (Wildman–Crippen MR) is 62.7 cm³/mol. The lowest BCUT2D eigenvalue weighted by Gasteiger charge is -2.25. The van der Waals surface area contributed by atoms with Crippen LogP contribution in [0.25, 0.3) is 0 Å². The highest BCUT2D eigenvalue weighted by molar-refractivity contribution is 5.12. The van der Waals surface area contributed by atoms with E-state index in [2.05, 4.69) is 6.58 Å². The molecule has 3 fully saturated rings. The van der Waals surface area contributed by atoms with Crippen molar-refractivity contribution in [2.45, 2.75) is 63.7 Å². The van der Waals surface area contributed by atoms with Crippen LogP contribution >= 0.6 is 0 Å². The minimum absolute atomic E-state index is 0.149. The number of hydrogen-bond donors (Lipinski definition) is 0. The van der Waals surface area contributed by atoms with Crippen molar-refractivity contribution in [1.82, 2.24) is 0 Å². The molecule has 5 heteroatoms. The molecule has 3 aliphatic rings. The average Bonchev–Trinajstić information content (AvgIpc) is 2.81. The van der Waals surface area contributed by atoms with Crippen LogP contribution < -0.4 is 0 Å². The molecule has 0 aromatic carbocycles. The van der Waals surface area contributed by atoms with E-state index < -0.39 is 11.6 Å². The molecule has 3 saturated heterocycles. The molecule has 0 spiro atoms. The van der Waals surface area contributed by atoms with Gasteiger partial charge >= 0.3 is 0 Å². The molecule has 4 atom stereocenters. The smallest absolute Gasteiger partial charge is 0.164 e. The Hall–Kier alpha value is -0.620. The Morgan fingerprint density at radius 3 is 2.33 bits per heavy atom. The second kappa shape index (κ2) is 3.70. The van der Waals surface area contributed by atoms with Crippen molar-refractivity contribution in [2.24, 2.45) is 0 Å². The fourth-order valence-corrected chi connectivity index (χ4v) is 2.75. The topological polar surface area (TPSA) is 46.2 Å². The molecule has 3 rings (SSSR count). The lowest BCUT2D eigenvalue weighted by molar-refractivity contribution is -0.187. The molecule has 102 valence electrons. The third-order valence-electron chi connectivity index (χ3n) is 3.45. The summed E-state index contributed by atoms with van der Waals surface area (Å²) in [5, 5.41) is 0. The largest absolute Gasteiger partial charge is 0.487 e. The lowest BCUT2D eigenvalue weighted by atomic mass is 10.1. The molecular weight excluding hydrogens is 236 g/mol. The fraction of sp³-hybridized carbons (Fsp3) is 0.846. The fourth-order valence-electron chi connectivity index (χ4n) is 2.75. The van der Waals surface area contributed by atoms with Gasteiger partial charge in [0.15, 0.2) is 17.7 Å². The van der Waals surface area contributed by atoms with Crippen molar-refractivity contribution in [3.05, 3.63) is 12.3 Å². The minimum Gasteiger partial charge on any atom is -0.487 e. The SMILES string of the molecule is C=C1O[C@H]([C@@H]2COC(C)(C)O2)[C@@H]2OC(C)(C)O[C@H]12. The molecule has 0 aromatic rings. The van der Waals surface area contributed by atoms with E-state index in [9.17, 15) is 0 Å². The summed E-state index contributed by atoms with van der Waals surface area (Å²) >= 11 is 0. The molecule has 18 heavy (non-hydrogen) atoms. The van der Waals surface area contributed by atoms with Crippen LogP contribution in [0, 0.1) is 0 Å². The van der Waals surface area contributed by atoms with Gasteiger partial charge in [-0.25, -0.2) is 0 Å². The zero-order valence-corrected chi connectivity index (χ0v) is 11.3. The number of rotatable bonds is 1. The monoisotopic (exact) mass is 256 g/mol. The van der Waals surface area contributed by atoms with E-state index in [1.807, 2.05) is 27.7 Å². The maximum Gasteiger partial charge on any atom is 0.164 e. The van der Waals surface area contributed by atoms with Crippen LogP contribution in [0.2, 0.25) is 0 Å². The molecule has 0 saturated carbocycles. The van der Waals surface area contributed by atoms with Gasteiger partial charge in [0.05, 0.1) is 6.61 Å². The van der Waals surface area contributed by atoms with Crippen molar-refractivity contribution in [2.75, 3.05) is 6.61 Å². The van der Waals surface area contributed by atoms with Crippen LogP contribution in [0.5, 0.6) is 0 Å². The van der Waals surface area contributed by atoms with E-state index in [0.717, 1.165) is 0 Å². The second-order valence-electron chi connectivity index (χ2n) is 5.94. The molecular formula is C13H20O5. The van der Waals surface area contributed by atoms with Gasteiger partial charge in [-0.3, -0.25) is 0 Å². The first-order chi connectivity index (χ1) is 8.27. The van der Waals surface area contributed by atoms with Gasteiger partial charge < -0.3 is 23.7 Å². The minimum atomic E-state index is -0.602. The van der Waals surface area contributed by atoms with Crippen LogP contribution in [0.15, 0.2) is 12.3 Å². The Kier molecular flexibility index (Phi) is 2.55. The van der Waals surface area contributed by atoms with Crippen LogP contribution in [0.3, 0.4) is 0 Å². The van der Waals surface area contributed by atoms with Gasteiger partial charge in [-0.2, -0.15) is 0 Å². The number of ether oxygens (including phenoxy) is 5. The van der Waals surface area contributed by atoms with E-state index in [0.29, 0.717) is 12.4 Å². The summed E-state index contributed by atoms with van der Waals surface area (Å²) in [6, 6.07) is 0. The van der Waals surface area contributed by atoms with Gasteiger partial charge in [-0.15, -0.1) is 0 Å². The zero-order valence-electron chi connectivity index (χ0n) is 11.3. The highest BCUT2D eigenvalue weighted by Crippen LogP contribution is 2.43. The molecule has 0 amide bonds. The maximum absolute atomic E-state index is 5.89. The molecule has 0 radical (unpaired) electrons. The third-order valence-corrected chi connectivity index (χ3v) is 3.45. The first-order valence-electron chi connectivity index (χ1n) is 6.30. The Morgan fingerprint density at radius 2 is 1.72 bits per heavy atom. The van der Waals surface area contributed by atoms with E-state index >= 15 is 0 Å². The molecule has 0 aliphatic carbocycles. The molecule has 0 bridgehead atoms. The number of hydrogen-bond acceptors (Lipinski definition) is 5. The maximum atomic E-state index is 5.89. The summed E-state index contributed by atoms with van der Waals surface area (Å²) in [6.07, 6.45) is -0.748. The summed E-state index contributed by atoms with van der Waals surface area (Å²) < 4.78 is 28.8. The summed E-state index contributed by atoms with van der Waals surface area (Å²) in [4.78, 5) is 0. The lowest BCUT2D eigenvalue weighted by Crippen LogP contribution is -2.40. The highest BCUT2D eigenvalue weighted by Gasteiger charge is 2.57. The second-order valence-corrected chi connectivity index (χ2v) is 5.94. The van der Waals surface area contributed by atoms with E-state index in [-0.39, 0.29) is 24.4 Å². The van der Waals surface area contributed by atoms with Crippen molar-refractivity contribution in [1.29, 1.82) is 0 Å². The van der Waals surface area contributed by atoms with Crippen LogP contribution in [0.1, 0.15) is 27.7 Å². The molecule has 0 aromatic heterocycles.